The van der Waals surface area contributed by atoms with Gasteiger partial charge >= 0.3 is 7.30 Å². The quantitative estimate of drug-likeness (QED) is 0.575. The van der Waals surface area contributed by atoms with E-state index in [1.54, 1.807) is 0 Å². The van der Waals surface area contributed by atoms with Crippen molar-refractivity contribution in [2.24, 2.45) is 0 Å². The van der Waals surface area contributed by atoms with Gasteiger partial charge in [-0.1, -0.05) is 36.4 Å². The van der Waals surface area contributed by atoms with Crippen LogP contribution in [0.25, 0.3) is 0 Å². The number of benzene rings is 2. The molecular weight excluding hydrogens is 331 g/mol. The third-order valence-corrected chi connectivity index (χ3v) is 5.20. The Hall–Kier alpha value is -1.28. The second kappa shape index (κ2) is 7.09. The minimum Gasteiger partial charge on any atom is -0.264 e. The van der Waals surface area contributed by atoms with Gasteiger partial charge in [0, 0.05) is 0 Å². The van der Waals surface area contributed by atoms with E-state index in [0.29, 0.717) is 11.5 Å². The molecule has 0 bridgehead atoms. The number of rotatable bonds is 5. The lowest BCUT2D eigenvalue weighted by molar-refractivity contribution is 0.110. The monoisotopic (exact) mass is 353 g/mol. The molecular formula is C18H23ClO3P+. The predicted octanol–water partition coefficient (Wildman–Crippen LogP) is 6.49. The van der Waals surface area contributed by atoms with Crippen LogP contribution in [0.4, 0.5) is 0 Å². The number of halogens is 1. The maximum absolute atomic E-state index is 6.68. The van der Waals surface area contributed by atoms with Crippen LogP contribution >= 0.6 is 18.5 Å². The molecule has 23 heavy (non-hydrogen) atoms. The van der Waals surface area contributed by atoms with E-state index in [1.807, 2.05) is 83.1 Å². The fraction of sp³-hybridized carbons (Fsp3) is 0.333. The average Bonchev–Trinajstić information content (AvgIpc) is 2.42. The molecule has 0 spiro atoms. The zero-order valence-corrected chi connectivity index (χ0v) is 15.8. The fourth-order valence-corrected chi connectivity index (χ4v) is 4.65. The highest BCUT2D eigenvalue weighted by molar-refractivity contribution is 7.88. The molecule has 3 nitrogen and oxygen atoms in total. The Labute approximate surface area is 143 Å². The Balaban J connectivity index is 2.32. The summed E-state index contributed by atoms with van der Waals surface area (Å²) in [6.07, 6.45) is 0. The van der Waals surface area contributed by atoms with E-state index in [4.69, 9.17) is 24.8 Å². The van der Waals surface area contributed by atoms with Gasteiger partial charge in [0.05, 0.1) is 0 Å². The molecule has 0 saturated carbocycles. The summed E-state index contributed by atoms with van der Waals surface area (Å²) in [4.78, 5) is 0. The molecule has 0 radical (unpaired) electrons. The maximum atomic E-state index is 6.68. The van der Waals surface area contributed by atoms with Gasteiger partial charge in [-0.2, -0.15) is 0 Å². The first kappa shape index (κ1) is 18.1. The summed E-state index contributed by atoms with van der Waals surface area (Å²) in [7, 11) is -3.12. The molecule has 0 amide bonds. The molecule has 0 aromatic heterocycles. The molecule has 0 aliphatic heterocycles. The van der Waals surface area contributed by atoms with Gasteiger partial charge in [-0.05, 0) is 57.9 Å². The zero-order valence-electron chi connectivity index (χ0n) is 14.2. The van der Waals surface area contributed by atoms with Gasteiger partial charge < -0.3 is 0 Å². The molecule has 2 aromatic rings. The van der Waals surface area contributed by atoms with E-state index in [2.05, 4.69) is 0 Å². The first-order valence-electron chi connectivity index (χ1n) is 7.48. The van der Waals surface area contributed by atoms with Crippen LogP contribution < -0.4 is 9.05 Å². The molecule has 0 atom stereocenters. The van der Waals surface area contributed by atoms with Crippen molar-refractivity contribution < 1.29 is 13.6 Å². The lowest BCUT2D eigenvalue weighted by Gasteiger charge is -2.23. The van der Waals surface area contributed by atoms with Gasteiger partial charge in [-0.15, -0.1) is 4.52 Å². The van der Waals surface area contributed by atoms with Crippen LogP contribution in [-0.4, -0.2) is 5.60 Å². The van der Waals surface area contributed by atoms with Crippen molar-refractivity contribution in [3.05, 3.63) is 59.7 Å². The van der Waals surface area contributed by atoms with Crippen LogP contribution in [0, 0.1) is 13.8 Å². The van der Waals surface area contributed by atoms with Crippen LogP contribution in [0.15, 0.2) is 48.5 Å². The Morgan fingerprint density at radius 2 is 1.17 bits per heavy atom. The van der Waals surface area contributed by atoms with Crippen LogP contribution in [0.2, 0.25) is 0 Å². The number of hydrogen-bond acceptors (Lipinski definition) is 3. The largest absolute Gasteiger partial charge is 0.614 e. The van der Waals surface area contributed by atoms with Gasteiger partial charge in [-0.3, -0.25) is 9.05 Å². The van der Waals surface area contributed by atoms with E-state index in [1.165, 1.54) is 0 Å². The standard InChI is InChI=1S/C18H23ClO3P/c1-14-10-6-8-12-16(14)20-23(19,22-18(3,4)5)21-17-13-9-7-11-15(17)2/h6-13H,1-5H3/q+1. The van der Waals surface area contributed by atoms with Crippen LogP contribution in [0.3, 0.4) is 0 Å². The van der Waals surface area contributed by atoms with Crippen molar-refractivity contribution in [1.29, 1.82) is 0 Å². The SMILES string of the molecule is Cc1ccccc1O[P+](Cl)(Oc1ccccc1C)OC(C)(C)C. The lowest BCUT2D eigenvalue weighted by atomic mass is 10.2. The molecule has 2 aromatic carbocycles. The zero-order chi connectivity index (χ0) is 17.1. The summed E-state index contributed by atoms with van der Waals surface area (Å²) in [6, 6.07) is 15.3. The Bertz CT molecular complexity index is 620. The van der Waals surface area contributed by atoms with Gasteiger partial charge in [0.1, 0.15) is 5.60 Å². The van der Waals surface area contributed by atoms with E-state index in [9.17, 15) is 0 Å². The van der Waals surface area contributed by atoms with Crippen LogP contribution in [0.5, 0.6) is 11.5 Å². The van der Waals surface area contributed by atoms with Gasteiger partial charge in [0.2, 0.25) is 11.2 Å². The van der Waals surface area contributed by atoms with Crippen molar-refractivity contribution in [2.45, 2.75) is 40.2 Å². The van der Waals surface area contributed by atoms with E-state index in [-0.39, 0.29) is 0 Å². The number of aryl methyl sites for hydroxylation is 2. The molecule has 2 rings (SSSR count). The summed E-state index contributed by atoms with van der Waals surface area (Å²) >= 11 is 6.68. The van der Waals surface area contributed by atoms with Crippen molar-refractivity contribution in [1.82, 2.24) is 0 Å². The third kappa shape index (κ3) is 5.39. The Morgan fingerprint density at radius 3 is 1.52 bits per heavy atom. The average molecular weight is 354 g/mol. The van der Waals surface area contributed by atoms with Gasteiger partial charge in [-0.25, -0.2) is 0 Å². The summed E-state index contributed by atoms with van der Waals surface area (Å²) in [5.41, 5.74) is 1.45. The summed E-state index contributed by atoms with van der Waals surface area (Å²) in [5, 5.41) is 0. The van der Waals surface area contributed by atoms with E-state index in [0.717, 1.165) is 11.1 Å². The Morgan fingerprint density at radius 1 is 0.783 bits per heavy atom. The summed E-state index contributed by atoms with van der Waals surface area (Å²) in [6.45, 7) is 9.69. The second-order valence-electron chi connectivity index (χ2n) is 6.35. The van der Waals surface area contributed by atoms with Crippen molar-refractivity contribution >= 4 is 18.5 Å². The molecule has 0 aliphatic rings. The van der Waals surface area contributed by atoms with Crippen molar-refractivity contribution in [2.75, 3.05) is 0 Å². The predicted molar refractivity (Wildman–Crippen MR) is 97.2 cm³/mol. The van der Waals surface area contributed by atoms with Crippen LogP contribution in [-0.2, 0) is 4.52 Å². The highest BCUT2D eigenvalue weighted by Crippen LogP contribution is 2.68. The maximum Gasteiger partial charge on any atom is 0.614 e. The molecule has 0 fully saturated rings. The van der Waals surface area contributed by atoms with Crippen LogP contribution in [0.1, 0.15) is 31.9 Å². The molecule has 0 heterocycles. The van der Waals surface area contributed by atoms with Crippen molar-refractivity contribution in [3.8, 4) is 11.5 Å². The van der Waals surface area contributed by atoms with E-state index >= 15 is 0 Å². The van der Waals surface area contributed by atoms with Gasteiger partial charge in [0.15, 0.2) is 11.5 Å². The molecule has 124 valence electrons. The minimum atomic E-state index is -3.12. The summed E-state index contributed by atoms with van der Waals surface area (Å²) < 4.78 is 18.0. The summed E-state index contributed by atoms with van der Waals surface area (Å²) in [5.74, 6) is 1.32. The smallest absolute Gasteiger partial charge is 0.264 e. The molecule has 0 unspecified atom stereocenters. The second-order valence-corrected chi connectivity index (χ2v) is 9.00. The Kier molecular flexibility index (Phi) is 5.57. The van der Waals surface area contributed by atoms with Gasteiger partial charge in [0.25, 0.3) is 0 Å². The highest BCUT2D eigenvalue weighted by atomic mass is 35.7. The van der Waals surface area contributed by atoms with Crippen molar-refractivity contribution in [3.63, 3.8) is 0 Å². The highest BCUT2D eigenvalue weighted by Gasteiger charge is 2.52. The lowest BCUT2D eigenvalue weighted by Crippen LogP contribution is -2.22. The topological polar surface area (TPSA) is 27.7 Å². The first-order valence-corrected chi connectivity index (χ1v) is 9.93. The third-order valence-electron chi connectivity index (χ3n) is 2.98. The molecule has 0 N–H and O–H groups in total. The number of hydrogen-bond donors (Lipinski definition) is 0. The van der Waals surface area contributed by atoms with E-state index < -0.39 is 12.9 Å². The molecule has 0 aliphatic carbocycles. The normalized spacial score (nSPS) is 12.1. The minimum absolute atomic E-state index is 0.499. The molecule has 0 saturated heterocycles. The first-order chi connectivity index (χ1) is 10.7. The fourth-order valence-electron chi connectivity index (χ4n) is 1.94. The molecule has 5 heteroatoms. The number of para-hydroxylation sites is 2.